The van der Waals surface area contributed by atoms with Crippen LogP contribution in [0.2, 0.25) is 0 Å². The number of nitrogens with one attached hydrogen (secondary N) is 2. The molecule has 116 valence electrons. The average Bonchev–Trinajstić information content (AvgIpc) is 3.10. The van der Waals surface area contributed by atoms with Crippen molar-refractivity contribution in [1.82, 2.24) is 5.32 Å². The third kappa shape index (κ3) is 2.50. The van der Waals surface area contributed by atoms with Crippen molar-refractivity contribution in [3.63, 3.8) is 0 Å². The normalized spacial score (nSPS) is 21.5. The minimum atomic E-state index is -0.386. The predicted molar refractivity (Wildman–Crippen MR) is 88.1 cm³/mol. The summed E-state index contributed by atoms with van der Waals surface area (Å²) in [5, 5.41) is 5.94. The van der Waals surface area contributed by atoms with Gasteiger partial charge in [-0.3, -0.25) is 9.59 Å². The first-order valence-electron chi connectivity index (χ1n) is 7.99. The molecule has 2 atom stereocenters. The fraction of sp³-hybridized carbons (Fsp3) is 0.263. The summed E-state index contributed by atoms with van der Waals surface area (Å²) in [6, 6.07) is 15.9. The lowest BCUT2D eigenvalue weighted by atomic mass is 9.96. The topological polar surface area (TPSA) is 58.2 Å². The quantitative estimate of drug-likeness (QED) is 0.916. The molecule has 0 fully saturated rings. The highest BCUT2D eigenvalue weighted by Crippen LogP contribution is 2.35. The van der Waals surface area contributed by atoms with Gasteiger partial charge in [-0.25, -0.2) is 0 Å². The van der Waals surface area contributed by atoms with Gasteiger partial charge in [0.2, 0.25) is 11.8 Å². The Hall–Kier alpha value is -2.62. The number of carbonyl (C=O) groups is 2. The van der Waals surface area contributed by atoms with Crippen LogP contribution in [0.4, 0.5) is 5.69 Å². The molecule has 0 aromatic heterocycles. The first-order valence-corrected chi connectivity index (χ1v) is 7.99. The number of hydrogen-bond donors (Lipinski definition) is 2. The van der Waals surface area contributed by atoms with Gasteiger partial charge >= 0.3 is 0 Å². The predicted octanol–water partition coefficient (Wildman–Crippen LogP) is 2.92. The highest BCUT2D eigenvalue weighted by Gasteiger charge is 2.33. The Kier molecular flexibility index (Phi) is 3.37. The van der Waals surface area contributed by atoms with Crippen molar-refractivity contribution >= 4 is 17.5 Å². The molecule has 0 saturated carbocycles. The minimum absolute atomic E-state index is 0.0662. The van der Waals surface area contributed by atoms with E-state index >= 15 is 0 Å². The summed E-state index contributed by atoms with van der Waals surface area (Å²) in [4.78, 5) is 24.5. The van der Waals surface area contributed by atoms with E-state index in [1.54, 1.807) is 0 Å². The van der Waals surface area contributed by atoms with Crippen LogP contribution in [0.3, 0.4) is 0 Å². The second-order valence-corrected chi connectivity index (χ2v) is 6.19. The molecule has 1 aliphatic heterocycles. The van der Waals surface area contributed by atoms with Crippen LogP contribution in [0.15, 0.2) is 48.5 Å². The molecule has 4 rings (SSSR count). The largest absolute Gasteiger partial charge is 0.349 e. The molecule has 0 spiro atoms. The summed E-state index contributed by atoms with van der Waals surface area (Å²) >= 11 is 0. The van der Waals surface area contributed by atoms with Crippen LogP contribution >= 0.6 is 0 Å². The zero-order chi connectivity index (χ0) is 15.8. The second kappa shape index (κ2) is 5.54. The van der Waals surface area contributed by atoms with Crippen LogP contribution in [0, 0.1) is 0 Å². The lowest BCUT2D eigenvalue weighted by Gasteiger charge is -2.16. The van der Waals surface area contributed by atoms with E-state index in [4.69, 9.17) is 0 Å². The van der Waals surface area contributed by atoms with Crippen molar-refractivity contribution in [1.29, 1.82) is 0 Å². The molecule has 2 aliphatic rings. The van der Waals surface area contributed by atoms with E-state index in [0.29, 0.717) is 0 Å². The molecule has 2 aromatic carbocycles. The maximum atomic E-state index is 12.4. The second-order valence-electron chi connectivity index (χ2n) is 6.19. The first kappa shape index (κ1) is 14.0. The van der Waals surface area contributed by atoms with E-state index in [0.717, 1.165) is 24.1 Å². The fourth-order valence-corrected chi connectivity index (χ4v) is 3.62. The van der Waals surface area contributed by atoms with Crippen molar-refractivity contribution in [3.8, 4) is 0 Å². The number of hydrogen-bond acceptors (Lipinski definition) is 2. The summed E-state index contributed by atoms with van der Waals surface area (Å²) in [6.07, 6.45) is 2.12. The van der Waals surface area contributed by atoms with E-state index in [1.807, 2.05) is 36.4 Å². The maximum absolute atomic E-state index is 12.4. The molecule has 0 saturated heterocycles. The number of anilines is 1. The SMILES string of the molecule is O=C(C[C@H]1C(=O)Nc2ccccc21)N[C@H]1CCc2ccccc21. The maximum Gasteiger partial charge on any atom is 0.232 e. The molecule has 1 aliphatic carbocycles. The molecule has 2 aromatic rings. The molecule has 4 heteroatoms. The monoisotopic (exact) mass is 306 g/mol. The molecular weight excluding hydrogens is 288 g/mol. The molecule has 0 unspecified atom stereocenters. The van der Waals surface area contributed by atoms with Crippen molar-refractivity contribution in [2.24, 2.45) is 0 Å². The van der Waals surface area contributed by atoms with Gasteiger partial charge in [-0.2, -0.15) is 0 Å². The number of benzene rings is 2. The Bertz CT molecular complexity index is 784. The summed E-state index contributed by atoms with van der Waals surface area (Å²) in [5.41, 5.74) is 4.25. The molecule has 23 heavy (non-hydrogen) atoms. The van der Waals surface area contributed by atoms with Gasteiger partial charge in [-0.15, -0.1) is 0 Å². The fourth-order valence-electron chi connectivity index (χ4n) is 3.62. The zero-order valence-electron chi connectivity index (χ0n) is 12.7. The highest BCUT2D eigenvalue weighted by molar-refractivity contribution is 6.04. The summed E-state index contributed by atoms with van der Waals surface area (Å²) in [5.74, 6) is -0.542. The van der Waals surface area contributed by atoms with E-state index in [2.05, 4.69) is 22.8 Å². The Balaban J connectivity index is 1.46. The molecule has 1 heterocycles. The lowest BCUT2D eigenvalue weighted by molar-refractivity contribution is -0.125. The molecule has 2 N–H and O–H groups in total. The van der Waals surface area contributed by atoms with Crippen molar-refractivity contribution in [2.75, 3.05) is 5.32 Å². The number of carbonyl (C=O) groups excluding carboxylic acids is 2. The van der Waals surface area contributed by atoms with Crippen molar-refractivity contribution in [2.45, 2.75) is 31.2 Å². The van der Waals surface area contributed by atoms with Gasteiger partial charge in [0.05, 0.1) is 12.0 Å². The van der Waals surface area contributed by atoms with Crippen LogP contribution in [0.1, 0.15) is 41.5 Å². The molecule has 4 nitrogen and oxygen atoms in total. The van der Waals surface area contributed by atoms with Crippen LogP contribution < -0.4 is 10.6 Å². The number of fused-ring (bicyclic) bond motifs is 2. The van der Waals surface area contributed by atoms with E-state index < -0.39 is 0 Å². The van der Waals surface area contributed by atoms with E-state index in [1.165, 1.54) is 11.1 Å². The number of aryl methyl sites for hydroxylation is 1. The minimum Gasteiger partial charge on any atom is -0.349 e. The first-order chi connectivity index (χ1) is 11.2. The summed E-state index contributed by atoms with van der Waals surface area (Å²) in [7, 11) is 0. The summed E-state index contributed by atoms with van der Waals surface area (Å²) < 4.78 is 0. The van der Waals surface area contributed by atoms with Crippen molar-refractivity contribution in [3.05, 3.63) is 65.2 Å². The zero-order valence-corrected chi connectivity index (χ0v) is 12.7. The van der Waals surface area contributed by atoms with Crippen LogP contribution in [0.5, 0.6) is 0 Å². The number of para-hydroxylation sites is 1. The Morgan fingerprint density at radius 1 is 1.09 bits per heavy atom. The Morgan fingerprint density at radius 2 is 1.83 bits per heavy atom. The van der Waals surface area contributed by atoms with Gasteiger partial charge in [0.25, 0.3) is 0 Å². The third-order valence-corrected chi connectivity index (χ3v) is 4.77. The van der Waals surface area contributed by atoms with E-state index in [-0.39, 0.29) is 30.2 Å². The number of rotatable bonds is 3. The Labute approximate surface area is 134 Å². The van der Waals surface area contributed by atoms with E-state index in [9.17, 15) is 9.59 Å². The number of amides is 2. The van der Waals surface area contributed by atoms with Crippen LogP contribution in [-0.2, 0) is 16.0 Å². The molecule has 0 radical (unpaired) electrons. The van der Waals surface area contributed by atoms with Gasteiger partial charge in [-0.1, -0.05) is 42.5 Å². The average molecular weight is 306 g/mol. The van der Waals surface area contributed by atoms with Gasteiger partial charge in [-0.05, 0) is 35.6 Å². The molecule has 2 amide bonds. The Morgan fingerprint density at radius 3 is 2.70 bits per heavy atom. The molecule has 0 bridgehead atoms. The van der Waals surface area contributed by atoms with Crippen LogP contribution in [0.25, 0.3) is 0 Å². The van der Waals surface area contributed by atoms with Crippen molar-refractivity contribution < 1.29 is 9.59 Å². The van der Waals surface area contributed by atoms with Gasteiger partial charge in [0.1, 0.15) is 0 Å². The lowest BCUT2D eigenvalue weighted by Crippen LogP contribution is -2.29. The molecular formula is C19H18N2O2. The van der Waals surface area contributed by atoms with Gasteiger partial charge in [0.15, 0.2) is 0 Å². The smallest absolute Gasteiger partial charge is 0.232 e. The third-order valence-electron chi connectivity index (χ3n) is 4.77. The van der Waals surface area contributed by atoms with Gasteiger partial charge < -0.3 is 10.6 Å². The highest BCUT2D eigenvalue weighted by atomic mass is 16.2. The van der Waals surface area contributed by atoms with Gasteiger partial charge in [0, 0.05) is 12.1 Å². The standard InChI is InChI=1S/C19H18N2O2/c22-18(20-17-10-9-12-5-1-2-6-13(12)17)11-15-14-7-3-4-8-16(14)21-19(15)23/h1-8,15,17H,9-11H2,(H,20,22)(H,21,23)/t15-,17+/m1/s1. The summed E-state index contributed by atoms with van der Waals surface area (Å²) in [6.45, 7) is 0. The van der Waals surface area contributed by atoms with Crippen LogP contribution in [-0.4, -0.2) is 11.8 Å².